The van der Waals surface area contributed by atoms with Gasteiger partial charge in [-0.1, -0.05) is 30.7 Å². The molecule has 2 aromatic rings. The van der Waals surface area contributed by atoms with Gasteiger partial charge < -0.3 is 10.1 Å². The molecule has 6 nitrogen and oxygen atoms in total. The molecule has 0 radical (unpaired) electrons. The van der Waals surface area contributed by atoms with Gasteiger partial charge in [0.2, 0.25) is 15.9 Å². The minimum absolute atomic E-state index is 0.129. The van der Waals surface area contributed by atoms with Crippen LogP contribution in [0.3, 0.4) is 0 Å². The summed E-state index contributed by atoms with van der Waals surface area (Å²) in [6.45, 7) is 4.91. The Balaban J connectivity index is 1.83. The van der Waals surface area contributed by atoms with Gasteiger partial charge in [0.15, 0.2) is 0 Å². The molecular weight excluding hydrogens is 400 g/mol. The Morgan fingerprint density at radius 2 is 1.73 bits per heavy atom. The number of nitrogens with zero attached hydrogens (tertiary/aromatic N) is 1. The van der Waals surface area contributed by atoms with E-state index in [4.69, 9.17) is 4.74 Å². The molecule has 0 bridgehead atoms. The normalized spacial score (nSPS) is 15.3. The average Bonchev–Trinajstić information content (AvgIpc) is 2.75. The Labute approximate surface area is 178 Å². The zero-order chi connectivity index (χ0) is 21.7. The van der Waals surface area contributed by atoms with Crippen LogP contribution in [0, 0.1) is 13.8 Å². The van der Waals surface area contributed by atoms with Crippen LogP contribution in [0.1, 0.15) is 36.0 Å². The average molecular weight is 429 g/mol. The Morgan fingerprint density at radius 1 is 1.07 bits per heavy atom. The van der Waals surface area contributed by atoms with Crippen LogP contribution in [0.25, 0.3) is 6.08 Å². The van der Waals surface area contributed by atoms with Crippen molar-refractivity contribution in [1.29, 1.82) is 0 Å². The lowest BCUT2D eigenvalue weighted by molar-refractivity contribution is -0.111. The fourth-order valence-electron chi connectivity index (χ4n) is 3.59. The van der Waals surface area contributed by atoms with Crippen molar-refractivity contribution in [2.75, 3.05) is 25.5 Å². The summed E-state index contributed by atoms with van der Waals surface area (Å²) in [4.78, 5) is 12.5. The van der Waals surface area contributed by atoms with Gasteiger partial charge in [-0.05, 0) is 61.6 Å². The van der Waals surface area contributed by atoms with Crippen molar-refractivity contribution >= 4 is 27.7 Å². The van der Waals surface area contributed by atoms with Gasteiger partial charge in [0.1, 0.15) is 10.6 Å². The molecule has 1 N–H and O–H groups in total. The third-order valence-electron chi connectivity index (χ3n) is 5.28. The van der Waals surface area contributed by atoms with E-state index in [1.807, 2.05) is 32.0 Å². The summed E-state index contributed by atoms with van der Waals surface area (Å²) in [6.07, 6.45) is 5.78. The SMILES string of the molecule is COc1ccc(/C=C/C(=O)Nc2c(C)cccc2C)cc1S(=O)(=O)N1CCCCC1. The van der Waals surface area contributed by atoms with E-state index < -0.39 is 10.0 Å². The van der Waals surface area contributed by atoms with Crippen LogP contribution in [-0.2, 0) is 14.8 Å². The highest BCUT2D eigenvalue weighted by Gasteiger charge is 2.29. The highest BCUT2D eigenvalue weighted by atomic mass is 32.2. The standard InChI is InChI=1S/C23H28N2O4S/c1-17-8-7-9-18(2)23(17)24-22(26)13-11-19-10-12-20(29-3)21(16-19)30(27,28)25-14-5-4-6-15-25/h7-13,16H,4-6,14-15H2,1-3H3,(H,24,26)/b13-11+. The number of nitrogens with one attached hydrogen (secondary N) is 1. The number of hydrogen-bond acceptors (Lipinski definition) is 4. The van der Waals surface area contributed by atoms with Gasteiger partial charge in [-0.25, -0.2) is 8.42 Å². The van der Waals surface area contributed by atoms with E-state index in [-0.39, 0.29) is 10.8 Å². The minimum atomic E-state index is -3.65. The number of rotatable bonds is 6. The Bertz CT molecular complexity index is 1030. The zero-order valence-corrected chi connectivity index (χ0v) is 18.5. The maximum atomic E-state index is 13.1. The number of sulfonamides is 1. The van der Waals surface area contributed by atoms with E-state index in [9.17, 15) is 13.2 Å². The second-order valence-electron chi connectivity index (χ2n) is 7.46. The van der Waals surface area contributed by atoms with Gasteiger partial charge in [0.05, 0.1) is 7.11 Å². The number of piperidine rings is 1. The smallest absolute Gasteiger partial charge is 0.248 e. The minimum Gasteiger partial charge on any atom is -0.495 e. The van der Waals surface area contributed by atoms with Crippen molar-refractivity contribution in [3.05, 3.63) is 59.2 Å². The molecule has 1 fully saturated rings. The van der Waals surface area contributed by atoms with Crippen molar-refractivity contribution in [3.8, 4) is 5.75 Å². The second kappa shape index (κ2) is 9.45. The number of anilines is 1. The Morgan fingerprint density at radius 3 is 2.37 bits per heavy atom. The fraction of sp³-hybridized carbons (Fsp3) is 0.348. The maximum absolute atomic E-state index is 13.1. The quantitative estimate of drug-likeness (QED) is 0.702. The molecule has 1 amide bonds. The van der Waals surface area contributed by atoms with Crippen LogP contribution in [0.2, 0.25) is 0 Å². The van der Waals surface area contributed by atoms with Crippen LogP contribution >= 0.6 is 0 Å². The largest absolute Gasteiger partial charge is 0.495 e. The van der Waals surface area contributed by atoms with Gasteiger partial charge in [-0.3, -0.25) is 4.79 Å². The molecule has 0 spiro atoms. The zero-order valence-electron chi connectivity index (χ0n) is 17.6. The Hall–Kier alpha value is -2.64. The highest BCUT2D eigenvalue weighted by Crippen LogP contribution is 2.30. The second-order valence-corrected chi connectivity index (χ2v) is 9.37. The number of para-hydroxylation sites is 1. The third kappa shape index (κ3) is 4.91. The number of carbonyl (C=O) groups is 1. The number of methoxy groups -OCH3 is 1. The number of carbonyl (C=O) groups excluding carboxylic acids is 1. The Kier molecular flexibility index (Phi) is 6.95. The molecule has 0 saturated carbocycles. The fourth-order valence-corrected chi connectivity index (χ4v) is 5.30. The number of ether oxygens (including phenoxy) is 1. The molecule has 7 heteroatoms. The van der Waals surface area contributed by atoms with Gasteiger partial charge in [-0.2, -0.15) is 4.31 Å². The van der Waals surface area contributed by atoms with E-state index >= 15 is 0 Å². The molecule has 160 valence electrons. The molecule has 3 rings (SSSR count). The summed E-state index contributed by atoms with van der Waals surface area (Å²) in [5.74, 6) is 0.0290. The summed E-state index contributed by atoms with van der Waals surface area (Å²) in [7, 11) is -2.20. The molecule has 0 aliphatic carbocycles. The first kappa shape index (κ1) is 22.1. The molecule has 0 atom stereocenters. The van der Waals surface area contributed by atoms with Crippen molar-refractivity contribution in [3.63, 3.8) is 0 Å². The first-order valence-electron chi connectivity index (χ1n) is 10.1. The first-order valence-corrected chi connectivity index (χ1v) is 11.5. The molecule has 1 saturated heterocycles. The van der Waals surface area contributed by atoms with Gasteiger partial charge in [0, 0.05) is 24.9 Å². The molecule has 0 aromatic heterocycles. The van der Waals surface area contributed by atoms with E-state index in [1.54, 1.807) is 24.3 Å². The lowest BCUT2D eigenvalue weighted by atomic mass is 10.1. The first-order chi connectivity index (χ1) is 14.3. The van der Waals surface area contributed by atoms with Crippen molar-refractivity contribution in [2.24, 2.45) is 0 Å². The topological polar surface area (TPSA) is 75.7 Å². The predicted octanol–water partition coefficient (Wildman–Crippen LogP) is 4.14. The van der Waals surface area contributed by atoms with E-state index in [2.05, 4.69) is 5.32 Å². The predicted molar refractivity (Wildman–Crippen MR) is 119 cm³/mol. The molecular formula is C23H28N2O4S. The number of hydrogen-bond donors (Lipinski definition) is 1. The summed E-state index contributed by atoms with van der Waals surface area (Å²) in [5, 5.41) is 2.89. The van der Waals surface area contributed by atoms with Crippen LogP contribution in [0.15, 0.2) is 47.4 Å². The molecule has 2 aromatic carbocycles. The molecule has 30 heavy (non-hydrogen) atoms. The molecule has 0 unspecified atom stereocenters. The van der Waals surface area contributed by atoms with Crippen molar-refractivity contribution in [1.82, 2.24) is 4.31 Å². The van der Waals surface area contributed by atoms with E-state index in [1.165, 1.54) is 17.5 Å². The molecule has 1 heterocycles. The highest BCUT2D eigenvalue weighted by molar-refractivity contribution is 7.89. The van der Waals surface area contributed by atoms with Crippen LogP contribution in [0.4, 0.5) is 5.69 Å². The lowest BCUT2D eigenvalue weighted by Crippen LogP contribution is -2.35. The monoisotopic (exact) mass is 428 g/mol. The lowest BCUT2D eigenvalue weighted by Gasteiger charge is -2.26. The molecule has 1 aliphatic heterocycles. The maximum Gasteiger partial charge on any atom is 0.248 e. The summed E-state index contributed by atoms with van der Waals surface area (Å²) < 4.78 is 33.0. The van der Waals surface area contributed by atoms with Crippen LogP contribution in [-0.4, -0.2) is 38.8 Å². The van der Waals surface area contributed by atoms with Crippen molar-refractivity contribution in [2.45, 2.75) is 38.0 Å². The summed E-state index contributed by atoms with van der Waals surface area (Å²) in [6, 6.07) is 10.7. The molecule has 1 aliphatic rings. The van der Waals surface area contributed by atoms with Gasteiger partial charge in [0.25, 0.3) is 0 Å². The van der Waals surface area contributed by atoms with E-state index in [0.717, 1.165) is 36.1 Å². The van der Waals surface area contributed by atoms with Crippen LogP contribution < -0.4 is 10.1 Å². The number of aryl methyl sites for hydroxylation is 2. The summed E-state index contributed by atoms with van der Waals surface area (Å²) >= 11 is 0. The summed E-state index contributed by atoms with van der Waals surface area (Å²) in [5.41, 5.74) is 3.37. The number of benzene rings is 2. The van der Waals surface area contributed by atoms with Crippen LogP contribution in [0.5, 0.6) is 5.75 Å². The third-order valence-corrected chi connectivity index (χ3v) is 7.20. The number of amides is 1. The van der Waals surface area contributed by atoms with Crippen molar-refractivity contribution < 1.29 is 17.9 Å². The van der Waals surface area contributed by atoms with Gasteiger partial charge in [-0.15, -0.1) is 0 Å². The van der Waals surface area contributed by atoms with Gasteiger partial charge >= 0.3 is 0 Å². The van der Waals surface area contributed by atoms with E-state index in [0.29, 0.717) is 24.4 Å².